The van der Waals surface area contributed by atoms with Gasteiger partial charge in [0, 0.05) is 27.9 Å². The number of aromatic nitrogens is 2. The lowest BCUT2D eigenvalue weighted by Gasteiger charge is -2.41. The third kappa shape index (κ3) is 4.43. The average molecular weight is 456 g/mol. The van der Waals surface area contributed by atoms with Crippen LogP contribution in [0, 0.1) is 11.7 Å². The summed E-state index contributed by atoms with van der Waals surface area (Å²) in [6, 6.07) is 11.0. The lowest BCUT2D eigenvalue weighted by Crippen LogP contribution is -2.44. The van der Waals surface area contributed by atoms with Gasteiger partial charge >= 0.3 is 0 Å². The molecule has 1 aliphatic heterocycles. The predicted octanol–water partition coefficient (Wildman–Crippen LogP) is 5.98. The van der Waals surface area contributed by atoms with Crippen molar-refractivity contribution < 1.29 is 9.13 Å². The van der Waals surface area contributed by atoms with Gasteiger partial charge in [-0.3, -0.25) is 4.68 Å². The largest absolute Gasteiger partial charge is 0.373 e. The van der Waals surface area contributed by atoms with Gasteiger partial charge in [-0.05, 0) is 88.5 Å². The Bertz CT molecular complexity index is 1080. The molecule has 5 rings (SSSR count). The number of benzene rings is 2. The molecule has 2 heterocycles. The number of hydrogen-bond donors (Lipinski definition) is 0. The number of hydrogen-bond acceptors (Lipinski definition) is 3. The fourth-order valence-corrected chi connectivity index (χ4v) is 5.20. The molecule has 1 atom stereocenters. The summed E-state index contributed by atoms with van der Waals surface area (Å²) in [6.07, 6.45) is 6.34. The molecule has 3 aromatic rings. The van der Waals surface area contributed by atoms with Gasteiger partial charge in [0.15, 0.2) is 0 Å². The van der Waals surface area contributed by atoms with Crippen LogP contribution in [0.3, 0.4) is 0 Å². The fraction of sp³-hybridized carbons (Fsp3) is 0.500. The summed E-state index contributed by atoms with van der Waals surface area (Å²) in [6.45, 7) is 5.66. The molecular weight excluding hydrogens is 425 g/mol. The lowest BCUT2D eigenvalue weighted by molar-refractivity contribution is 0.00688. The zero-order valence-electron chi connectivity index (χ0n) is 18.9. The van der Waals surface area contributed by atoms with Crippen LogP contribution in [-0.2, 0) is 16.7 Å². The Kier molecular flexibility index (Phi) is 5.99. The molecule has 1 saturated heterocycles. The van der Waals surface area contributed by atoms with Crippen LogP contribution in [0.2, 0.25) is 5.02 Å². The van der Waals surface area contributed by atoms with Crippen molar-refractivity contribution in [2.45, 2.75) is 50.7 Å². The van der Waals surface area contributed by atoms with Crippen LogP contribution in [-0.4, -0.2) is 41.4 Å². The topological polar surface area (TPSA) is 30.3 Å². The molecule has 0 spiro atoms. The van der Waals surface area contributed by atoms with Crippen molar-refractivity contribution in [2.24, 2.45) is 5.92 Å². The highest BCUT2D eigenvalue weighted by Crippen LogP contribution is 2.39. The molecule has 2 aliphatic rings. The maximum Gasteiger partial charge on any atom is 0.123 e. The molecule has 4 nitrogen and oxygen atoms in total. The van der Waals surface area contributed by atoms with Crippen LogP contribution >= 0.6 is 11.6 Å². The van der Waals surface area contributed by atoms with E-state index in [1.807, 2.05) is 30.5 Å². The van der Waals surface area contributed by atoms with E-state index in [1.54, 1.807) is 12.1 Å². The van der Waals surface area contributed by atoms with Gasteiger partial charge < -0.3 is 9.64 Å². The first kappa shape index (κ1) is 21.9. The summed E-state index contributed by atoms with van der Waals surface area (Å²) in [5.74, 6) is 0.537. The van der Waals surface area contributed by atoms with E-state index in [0.29, 0.717) is 11.6 Å². The van der Waals surface area contributed by atoms with Gasteiger partial charge in [0.1, 0.15) is 5.82 Å². The van der Waals surface area contributed by atoms with E-state index in [-0.39, 0.29) is 17.3 Å². The SMILES string of the molecule is CC(OCC1(c2ccc(F)cc2)CCN(C)CC1)c1cc(Cl)cc2cnn(CC3CC3)c12. The van der Waals surface area contributed by atoms with Crippen molar-refractivity contribution >= 4 is 22.5 Å². The van der Waals surface area contributed by atoms with E-state index in [0.717, 1.165) is 60.4 Å². The first-order chi connectivity index (χ1) is 15.4. The van der Waals surface area contributed by atoms with Crippen LogP contribution in [0.15, 0.2) is 42.6 Å². The molecule has 6 heteroatoms. The van der Waals surface area contributed by atoms with Crippen molar-refractivity contribution in [3.05, 3.63) is 64.6 Å². The molecule has 0 bridgehead atoms. The second-order valence-electron chi connectivity index (χ2n) is 9.75. The molecule has 0 N–H and O–H groups in total. The van der Waals surface area contributed by atoms with Gasteiger partial charge in [-0.2, -0.15) is 5.10 Å². The number of nitrogens with zero attached hydrogens (tertiary/aromatic N) is 3. The Morgan fingerprint density at radius 1 is 1.19 bits per heavy atom. The molecule has 2 fully saturated rings. The van der Waals surface area contributed by atoms with E-state index in [4.69, 9.17) is 16.3 Å². The summed E-state index contributed by atoms with van der Waals surface area (Å²) < 4.78 is 22.3. The number of rotatable bonds is 7. The standard InChI is InChI=1S/C26H31ClFN3O/c1-18(24-14-22(27)13-20-15-29-31(25(20)24)16-19-3-4-19)32-17-26(9-11-30(2)12-10-26)21-5-7-23(28)8-6-21/h5-8,13-15,18-19H,3-4,9-12,16-17H2,1-2H3. The van der Waals surface area contributed by atoms with Crippen LogP contribution in [0.5, 0.6) is 0 Å². The smallest absolute Gasteiger partial charge is 0.123 e. The Morgan fingerprint density at radius 2 is 1.91 bits per heavy atom. The van der Waals surface area contributed by atoms with Crippen molar-refractivity contribution in [1.82, 2.24) is 14.7 Å². The summed E-state index contributed by atoms with van der Waals surface area (Å²) in [5, 5.41) is 6.42. The zero-order chi connectivity index (χ0) is 22.3. The minimum Gasteiger partial charge on any atom is -0.373 e. The summed E-state index contributed by atoms with van der Waals surface area (Å²) in [5.41, 5.74) is 3.27. The summed E-state index contributed by atoms with van der Waals surface area (Å²) >= 11 is 6.46. The Hall–Kier alpha value is -1.95. The molecular formula is C26H31ClFN3O. The predicted molar refractivity (Wildman–Crippen MR) is 127 cm³/mol. The average Bonchev–Trinajstić information content (AvgIpc) is 3.52. The number of fused-ring (bicyclic) bond motifs is 1. The molecule has 0 amide bonds. The van der Waals surface area contributed by atoms with E-state index >= 15 is 0 Å². The van der Waals surface area contributed by atoms with Crippen molar-refractivity contribution in [3.8, 4) is 0 Å². The quantitative estimate of drug-likeness (QED) is 0.439. The van der Waals surface area contributed by atoms with Crippen LogP contribution in [0.25, 0.3) is 10.9 Å². The van der Waals surface area contributed by atoms with E-state index in [1.165, 1.54) is 12.8 Å². The Morgan fingerprint density at radius 3 is 2.59 bits per heavy atom. The van der Waals surface area contributed by atoms with Crippen molar-refractivity contribution in [2.75, 3.05) is 26.7 Å². The van der Waals surface area contributed by atoms with Crippen molar-refractivity contribution in [1.29, 1.82) is 0 Å². The number of piperidine rings is 1. The van der Waals surface area contributed by atoms with E-state index in [2.05, 4.69) is 28.7 Å². The summed E-state index contributed by atoms with van der Waals surface area (Å²) in [4.78, 5) is 2.35. The van der Waals surface area contributed by atoms with E-state index < -0.39 is 0 Å². The van der Waals surface area contributed by atoms with Gasteiger partial charge in [0.2, 0.25) is 0 Å². The molecule has 1 aliphatic carbocycles. The van der Waals surface area contributed by atoms with Gasteiger partial charge in [-0.25, -0.2) is 4.39 Å². The monoisotopic (exact) mass is 455 g/mol. The zero-order valence-corrected chi connectivity index (χ0v) is 19.6. The van der Waals surface area contributed by atoms with Crippen LogP contribution < -0.4 is 0 Å². The fourth-order valence-electron chi connectivity index (χ4n) is 4.96. The Labute approximate surface area is 194 Å². The maximum atomic E-state index is 13.6. The number of ether oxygens (including phenoxy) is 1. The highest BCUT2D eigenvalue weighted by atomic mass is 35.5. The molecule has 1 saturated carbocycles. The second kappa shape index (κ2) is 8.77. The summed E-state index contributed by atoms with van der Waals surface area (Å²) in [7, 11) is 2.15. The molecule has 2 aromatic carbocycles. The van der Waals surface area contributed by atoms with Gasteiger partial charge in [0.05, 0.1) is 24.4 Å². The first-order valence-electron chi connectivity index (χ1n) is 11.6. The second-order valence-corrected chi connectivity index (χ2v) is 10.2. The third-order valence-corrected chi connectivity index (χ3v) is 7.52. The minimum absolute atomic E-state index is 0.111. The van der Waals surface area contributed by atoms with Gasteiger partial charge in [-0.1, -0.05) is 23.7 Å². The molecule has 1 aromatic heterocycles. The molecule has 1 unspecified atom stereocenters. The number of halogens is 2. The highest BCUT2D eigenvalue weighted by molar-refractivity contribution is 6.31. The van der Waals surface area contributed by atoms with Crippen molar-refractivity contribution in [3.63, 3.8) is 0 Å². The van der Waals surface area contributed by atoms with Gasteiger partial charge in [0.25, 0.3) is 0 Å². The molecule has 170 valence electrons. The highest BCUT2D eigenvalue weighted by Gasteiger charge is 2.36. The normalized spacial score (nSPS) is 20.0. The van der Waals surface area contributed by atoms with Crippen LogP contribution in [0.4, 0.5) is 4.39 Å². The maximum absolute atomic E-state index is 13.6. The van der Waals surface area contributed by atoms with Gasteiger partial charge in [-0.15, -0.1) is 0 Å². The molecule has 32 heavy (non-hydrogen) atoms. The van der Waals surface area contributed by atoms with E-state index in [9.17, 15) is 4.39 Å². The minimum atomic E-state index is -0.198. The first-order valence-corrected chi connectivity index (χ1v) is 12.0. The van der Waals surface area contributed by atoms with Crippen LogP contribution in [0.1, 0.15) is 49.8 Å². The Balaban J connectivity index is 1.42. The lowest BCUT2D eigenvalue weighted by atomic mass is 9.73. The number of likely N-dealkylation sites (tertiary alicyclic amines) is 1. The third-order valence-electron chi connectivity index (χ3n) is 7.30. The molecule has 0 radical (unpaired) electrons.